The maximum Gasteiger partial charge on any atom is 0.306 e. The molecule has 0 fully saturated rings. The van der Waals surface area contributed by atoms with Crippen LogP contribution in [-0.4, -0.2) is 22.0 Å². The molecule has 1 aromatic heterocycles. The van der Waals surface area contributed by atoms with Gasteiger partial charge < -0.3 is 9.84 Å². The summed E-state index contributed by atoms with van der Waals surface area (Å²) >= 11 is 0. The minimum Gasteiger partial charge on any atom is -0.481 e. The van der Waals surface area contributed by atoms with Gasteiger partial charge in [0.25, 0.3) is 0 Å². The van der Waals surface area contributed by atoms with Crippen molar-refractivity contribution in [2.45, 2.75) is 19.4 Å². The average molecular weight is 209 g/mol. The van der Waals surface area contributed by atoms with Gasteiger partial charge in [-0.15, -0.1) is 0 Å². The Labute approximate surface area is 86.7 Å². The molecule has 0 radical (unpaired) electrons. The molecule has 0 unspecified atom stereocenters. The van der Waals surface area contributed by atoms with E-state index in [2.05, 4.69) is 4.98 Å². The largest absolute Gasteiger partial charge is 0.481 e. The smallest absolute Gasteiger partial charge is 0.306 e. The number of carboxylic acids is 1. The second-order valence-corrected chi connectivity index (χ2v) is 2.91. The first-order chi connectivity index (χ1) is 7.18. The molecular weight excluding hydrogens is 198 g/mol. The first-order valence-electron chi connectivity index (χ1n) is 4.45. The van der Waals surface area contributed by atoms with Gasteiger partial charge >= 0.3 is 11.9 Å². The standard InChI is InChI=1S/C10H11NO4/c12-9(13)1-2-10(14)15-7-8-3-5-11-6-4-8/h3-6H,1-2,7H2,(H,12,13). The lowest BCUT2D eigenvalue weighted by atomic mass is 10.3. The molecule has 0 atom stereocenters. The summed E-state index contributed by atoms with van der Waals surface area (Å²) in [5, 5.41) is 8.33. The second kappa shape index (κ2) is 5.74. The predicted molar refractivity (Wildman–Crippen MR) is 50.9 cm³/mol. The van der Waals surface area contributed by atoms with Gasteiger partial charge in [0.2, 0.25) is 0 Å². The normalized spacial score (nSPS) is 9.60. The van der Waals surface area contributed by atoms with Gasteiger partial charge in [-0.05, 0) is 17.7 Å². The van der Waals surface area contributed by atoms with E-state index in [1.165, 1.54) is 0 Å². The molecule has 1 N–H and O–H groups in total. The maximum atomic E-state index is 11.0. The number of hydrogen-bond acceptors (Lipinski definition) is 4. The number of carbonyl (C=O) groups is 2. The van der Waals surface area contributed by atoms with Crippen molar-refractivity contribution in [3.8, 4) is 0 Å². The van der Waals surface area contributed by atoms with Gasteiger partial charge in [0.1, 0.15) is 6.61 Å². The third-order valence-electron chi connectivity index (χ3n) is 1.69. The summed E-state index contributed by atoms with van der Waals surface area (Å²) in [7, 11) is 0. The third kappa shape index (κ3) is 4.75. The van der Waals surface area contributed by atoms with Crippen LogP contribution in [0.2, 0.25) is 0 Å². The van der Waals surface area contributed by atoms with Crippen LogP contribution in [0.15, 0.2) is 24.5 Å². The van der Waals surface area contributed by atoms with E-state index in [4.69, 9.17) is 9.84 Å². The summed E-state index contributed by atoms with van der Waals surface area (Å²) in [5.74, 6) is -1.51. The van der Waals surface area contributed by atoms with E-state index in [1.54, 1.807) is 24.5 Å². The number of carbonyl (C=O) groups excluding carboxylic acids is 1. The molecule has 0 amide bonds. The number of hydrogen-bond donors (Lipinski definition) is 1. The van der Waals surface area contributed by atoms with Crippen LogP contribution in [0.1, 0.15) is 18.4 Å². The fourth-order valence-corrected chi connectivity index (χ4v) is 0.924. The molecule has 1 aromatic rings. The van der Waals surface area contributed by atoms with Gasteiger partial charge in [0, 0.05) is 12.4 Å². The number of nitrogens with zero attached hydrogens (tertiary/aromatic N) is 1. The molecule has 15 heavy (non-hydrogen) atoms. The van der Waals surface area contributed by atoms with Gasteiger partial charge in [0.05, 0.1) is 12.8 Å². The Hall–Kier alpha value is -1.91. The summed E-state index contributed by atoms with van der Waals surface area (Å²) in [6, 6.07) is 3.45. The van der Waals surface area contributed by atoms with Crippen LogP contribution in [0.3, 0.4) is 0 Å². The van der Waals surface area contributed by atoms with Crippen LogP contribution in [0, 0.1) is 0 Å². The molecule has 0 saturated carbocycles. The zero-order chi connectivity index (χ0) is 11.1. The second-order valence-electron chi connectivity index (χ2n) is 2.91. The predicted octanol–water partition coefficient (Wildman–Crippen LogP) is 0.990. The molecule has 5 nitrogen and oxygen atoms in total. The van der Waals surface area contributed by atoms with Crippen LogP contribution in [0.4, 0.5) is 0 Å². The van der Waals surface area contributed by atoms with Crippen LogP contribution < -0.4 is 0 Å². The van der Waals surface area contributed by atoms with Gasteiger partial charge in [-0.25, -0.2) is 0 Å². The highest BCUT2D eigenvalue weighted by molar-refractivity contribution is 5.76. The van der Waals surface area contributed by atoms with Crippen LogP contribution in [0.25, 0.3) is 0 Å². The lowest BCUT2D eigenvalue weighted by molar-refractivity contribution is -0.148. The van der Waals surface area contributed by atoms with Crippen molar-refractivity contribution in [3.05, 3.63) is 30.1 Å². The summed E-state index contributed by atoms with van der Waals surface area (Å²) in [4.78, 5) is 25.0. The van der Waals surface area contributed by atoms with Crippen molar-refractivity contribution in [2.75, 3.05) is 0 Å². The molecule has 5 heteroatoms. The Morgan fingerprint density at radius 3 is 2.53 bits per heavy atom. The summed E-state index contributed by atoms with van der Waals surface area (Å²) in [5.41, 5.74) is 0.827. The number of esters is 1. The third-order valence-corrected chi connectivity index (χ3v) is 1.69. The quantitative estimate of drug-likeness (QED) is 0.732. The van der Waals surface area contributed by atoms with E-state index < -0.39 is 11.9 Å². The van der Waals surface area contributed by atoms with Crippen molar-refractivity contribution < 1.29 is 19.4 Å². The van der Waals surface area contributed by atoms with E-state index in [9.17, 15) is 9.59 Å². The highest BCUT2D eigenvalue weighted by Crippen LogP contribution is 2.01. The summed E-state index contributed by atoms with van der Waals surface area (Å²) in [6.45, 7) is 0.154. The highest BCUT2D eigenvalue weighted by Gasteiger charge is 2.06. The SMILES string of the molecule is O=C(O)CCC(=O)OCc1ccncc1. The first-order valence-corrected chi connectivity index (χ1v) is 4.45. The summed E-state index contributed by atoms with van der Waals surface area (Å²) < 4.78 is 4.85. The molecule has 0 aromatic carbocycles. The maximum absolute atomic E-state index is 11.0. The van der Waals surface area contributed by atoms with Gasteiger partial charge in [-0.2, -0.15) is 0 Å². The fourth-order valence-electron chi connectivity index (χ4n) is 0.924. The molecule has 80 valence electrons. The van der Waals surface area contributed by atoms with Crippen molar-refractivity contribution >= 4 is 11.9 Å². The molecule has 0 aliphatic heterocycles. The van der Waals surface area contributed by atoms with Crippen LogP contribution in [0.5, 0.6) is 0 Å². The number of ether oxygens (including phenoxy) is 1. The van der Waals surface area contributed by atoms with Crippen LogP contribution in [-0.2, 0) is 20.9 Å². The molecular formula is C10H11NO4. The first kappa shape index (κ1) is 11.2. The Bertz CT molecular complexity index is 337. The van der Waals surface area contributed by atoms with Crippen molar-refractivity contribution in [1.82, 2.24) is 4.98 Å². The molecule has 0 bridgehead atoms. The topological polar surface area (TPSA) is 76.5 Å². The van der Waals surface area contributed by atoms with Gasteiger partial charge in [0.15, 0.2) is 0 Å². The Morgan fingerprint density at radius 1 is 1.27 bits per heavy atom. The number of carboxylic acid groups (broad SMARTS) is 1. The Kier molecular flexibility index (Phi) is 4.28. The summed E-state index contributed by atoms with van der Waals surface area (Å²) in [6.07, 6.45) is 2.90. The lowest BCUT2D eigenvalue weighted by Gasteiger charge is -2.03. The van der Waals surface area contributed by atoms with Crippen molar-refractivity contribution in [1.29, 1.82) is 0 Å². The minimum atomic E-state index is -1.00. The van der Waals surface area contributed by atoms with E-state index in [1.807, 2.05) is 0 Å². The Balaban J connectivity index is 2.26. The number of aliphatic carboxylic acids is 1. The van der Waals surface area contributed by atoms with Crippen molar-refractivity contribution in [2.24, 2.45) is 0 Å². The van der Waals surface area contributed by atoms with Crippen LogP contribution >= 0.6 is 0 Å². The monoisotopic (exact) mass is 209 g/mol. The molecule has 0 aliphatic carbocycles. The molecule has 1 rings (SSSR count). The average Bonchev–Trinajstić information content (AvgIpc) is 2.25. The number of aromatic nitrogens is 1. The van der Waals surface area contributed by atoms with E-state index in [-0.39, 0.29) is 19.4 Å². The molecule has 1 heterocycles. The minimum absolute atomic E-state index is 0.0968. The fraction of sp³-hybridized carbons (Fsp3) is 0.300. The van der Waals surface area contributed by atoms with E-state index >= 15 is 0 Å². The van der Waals surface area contributed by atoms with Crippen molar-refractivity contribution in [3.63, 3.8) is 0 Å². The highest BCUT2D eigenvalue weighted by atomic mass is 16.5. The molecule has 0 spiro atoms. The van der Waals surface area contributed by atoms with Gasteiger partial charge in [-0.1, -0.05) is 0 Å². The van der Waals surface area contributed by atoms with Gasteiger partial charge in [-0.3, -0.25) is 14.6 Å². The number of pyridine rings is 1. The zero-order valence-electron chi connectivity index (χ0n) is 8.05. The number of rotatable bonds is 5. The Morgan fingerprint density at radius 2 is 1.93 bits per heavy atom. The molecule has 0 saturated heterocycles. The molecule has 0 aliphatic rings. The van der Waals surface area contributed by atoms with E-state index in [0.717, 1.165) is 5.56 Å². The van der Waals surface area contributed by atoms with E-state index in [0.29, 0.717) is 0 Å². The zero-order valence-corrected chi connectivity index (χ0v) is 8.05. The lowest BCUT2D eigenvalue weighted by Crippen LogP contribution is -2.07.